The monoisotopic (exact) mass is 387 g/mol. The average Bonchev–Trinajstić information content (AvgIpc) is 2.78. The van der Waals surface area contributed by atoms with E-state index >= 15 is 0 Å². The van der Waals surface area contributed by atoms with Gasteiger partial charge in [-0.1, -0.05) is 42.0 Å². The number of benzene rings is 2. The molecule has 0 N–H and O–H groups in total. The molecule has 0 unspecified atom stereocenters. The Labute approximate surface area is 171 Å². The summed E-state index contributed by atoms with van der Waals surface area (Å²) in [5.74, 6) is 1.72. The van der Waals surface area contributed by atoms with Crippen LogP contribution in [0.5, 0.6) is 5.75 Å². The number of nitrogens with zero attached hydrogens (tertiary/aromatic N) is 3. The number of amides is 1. The summed E-state index contributed by atoms with van der Waals surface area (Å²) in [4.78, 5) is 21.5. The van der Waals surface area contributed by atoms with Gasteiger partial charge in [0.05, 0.1) is 0 Å². The molecule has 5 heteroatoms. The Hall–Kier alpha value is -3.34. The minimum Gasteiger partial charge on any atom is -0.489 e. The predicted molar refractivity (Wildman–Crippen MR) is 114 cm³/mol. The fourth-order valence-corrected chi connectivity index (χ4v) is 3.55. The number of aromatic nitrogens is 1. The summed E-state index contributed by atoms with van der Waals surface area (Å²) in [7, 11) is 0. The Kier molecular flexibility index (Phi) is 5.75. The Morgan fingerprint density at radius 3 is 2.55 bits per heavy atom. The van der Waals surface area contributed by atoms with Crippen LogP contribution in [0.1, 0.15) is 21.5 Å². The minimum atomic E-state index is 0.0478. The van der Waals surface area contributed by atoms with Crippen molar-refractivity contribution in [1.82, 2.24) is 9.88 Å². The summed E-state index contributed by atoms with van der Waals surface area (Å²) in [6.45, 7) is 5.49. The first kappa shape index (κ1) is 19.0. The molecule has 0 atom stereocenters. The molecule has 29 heavy (non-hydrogen) atoms. The Balaban J connectivity index is 1.36. The van der Waals surface area contributed by atoms with Gasteiger partial charge in [-0.2, -0.15) is 0 Å². The van der Waals surface area contributed by atoms with Gasteiger partial charge < -0.3 is 14.5 Å². The largest absolute Gasteiger partial charge is 0.489 e. The van der Waals surface area contributed by atoms with Gasteiger partial charge in [-0.15, -0.1) is 0 Å². The molecule has 0 bridgehead atoms. The zero-order chi connectivity index (χ0) is 20.1. The highest BCUT2D eigenvalue weighted by Gasteiger charge is 2.23. The van der Waals surface area contributed by atoms with Crippen LogP contribution in [0.4, 0.5) is 5.82 Å². The zero-order valence-corrected chi connectivity index (χ0v) is 16.6. The maximum absolute atomic E-state index is 13.0. The minimum absolute atomic E-state index is 0.0478. The van der Waals surface area contributed by atoms with E-state index in [-0.39, 0.29) is 5.91 Å². The zero-order valence-electron chi connectivity index (χ0n) is 16.6. The number of hydrogen-bond acceptors (Lipinski definition) is 4. The van der Waals surface area contributed by atoms with Gasteiger partial charge >= 0.3 is 0 Å². The van der Waals surface area contributed by atoms with Crippen LogP contribution in [0.15, 0.2) is 72.9 Å². The number of rotatable bonds is 5. The second kappa shape index (κ2) is 8.78. The maximum atomic E-state index is 13.0. The number of aryl methyl sites for hydroxylation is 1. The lowest BCUT2D eigenvalue weighted by molar-refractivity contribution is 0.0746. The Bertz CT molecular complexity index is 967. The Morgan fingerprint density at radius 2 is 1.79 bits per heavy atom. The number of piperazine rings is 1. The summed E-state index contributed by atoms with van der Waals surface area (Å²) >= 11 is 0. The van der Waals surface area contributed by atoms with Gasteiger partial charge in [-0.05, 0) is 42.8 Å². The molecule has 5 nitrogen and oxygen atoms in total. The highest BCUT2D eigenvalue weighted by molar-refractivity contribution is 5.94. The molecule has 1 aromatic heterocycles. The van der Waals surface area contributed by atoms with Crippen LogP contribution in [0.3, 0.4) is 0 Å². The second-order valence-corrected chi connectivity index (χ2v) is 7.27. The molecular weight excluding hydrogens is 362 g/mol. The number of carbonyl (C=O) groups excluding carboxylic acids is 1. The van der Waals surface area contributed by atoms with Crippen LogP contribution in [0.25, 0.3) is 0 Å². The van der Waals surface area contributed by atoms with Crippen molar-refractivity contribution in [2.24, 2.45) is 0 Å². The first-order valence-electron chi connectivity index (χ1n) is 9.93. The lowest BCUT2D eigenvalue weighted by Gasteiger charge is -2.35. The molecule has 1 fully saturated rings. The molecule has 2 heterocycles. The summed E-state index contributed by atoms with van der Waals surface area (Å²) in [5, 5.41) is 0. The first-order valence-corrected chi connectivity index (χ1v) is 9.93. The van der Waals surface area contributed by atoms with Crippen molar-refractivity contribution in [2.45, 2.75) is 13.5 Å². The van der Waals surface area contributed by atoms with Crippen LogP contribution in [-0.2, 0) is 6.61 Å². The average molecular weight is 387 g/mol. The van der Waals surface area contributed by atoms with E-state index in [1.165, 1.54) is 5.56 Å². The molecule has 3 aromatic rings. The van der Waals surface area contributed by atoms with E-state index in [2.05, 4.69) is 28.9 Å². The third-order valence-electron chi connectivity index (χ3n) is 5.11. The molecule has 1 aliphatic heterocycles. The molecule has 0 radical (unpaired) electrons. The molecule has 148 valence electrons. The van der Waals surface area contributed by atoms with Gasteiger partial charge in [0, 0.05) is 37.9 Å². The van der Waals surface area contributed by atoms with Crippen LogP contribution in [0.2, 0.25) is 0 Å². The third kappa shape index (κ3) is 4.74. The standard InChI is InChI=1S/C24H25N3O2/c1-19-6-4-7-20(16-19)18-29-22-9-5-8-21(17-22)24(28)27-14-12-26(13-15-27)23-10-2-3-11-25-23/h2-11,16-17H,12-15,18H2,1H3. The van der Waals surface area contributed by atoms with Crippen molar-refractivity contribution in [3.05, 3.63) is 89.6 Å². The second-order valence-electron chi connectivity index (χ2n) is 7.27. The number of hydrogen-bond donors (Lipinski definition) is 0. The van der Waals surface area contributed by atoms with Gasteiger partial charge in [0.1, 0.15) is 18.2 Å². The molecule has 0 spiro atoms. The van der Waals surface area contributed by atoms with Gasteiger partial charge in [-0.3, -0.25) is 4.79 Å². The van der Waals surface area contributed by atoms with Gasteiger partial charge in [-0.25, -0.2) is 4.98 Å². The lowest BCUT2D eigenvalue weighted by atomic mass is 10.1. The highest BCUT2D eigenvalue weighted by Crippen LogP contribution is 2.19. The van der Waals surface area contributed by atoms with E-state index in [1.54, 1.807) is 6.20 Å². The van der Waals surface area contributed by atoms with Gasteiger partial charge in [0.2, 0.25) is 0 Å². The van der Waals surface area contributed by atoms with E-state index in [9.17, 15) is 4.79 Å². The molecule has 0 aliphatic carbocycles. The normalized spacial score (nSPS) is 14.0. The number of pyridine rings is 1. The Morgan fingerprint density at radius 1 is 0.966 bits per heavy atom. The molecule has 4 rings (SSSR count). The van der Waals surface area contributed by atoms with Crippen molar-refractivity contribution in [2.75, 3.05) is 31.1 Å². The first-order chi connectivity index (χ1) is 14.2. The molecule has 2 aromatic carbocycles. The van der Waals surface area contributed by atoms with E-state index < -0.39 is 0 Å². The summed E-state index contributed by atoms with van der Waals surface area (Å²) in [6.07, 6.45) is 1.80. The molecule has 1 aliphatic rings. The van der Waals surface area contributed by atoms with Crippen molar-refractivity contribution in [3.8, 4) is 5.75 Å². The van der Waals surface area contributed by atoms with E-state index in [0.29, 0.717) is 31.0 Å². The van der Waals surface area contributed by atoms with Crippen molar-refractivity contribution in [3.63, 3.8) is 0 Å². The molecular formula is C24H25N3O2. The van der Waals surface area contributed by atoms with Crippen molar-refractivity contribution < 1.29 is 9.53 Å². The maximum Gasteiger partial charge on any atom is 0.254 e. The van der Waals surface area contributed by atoms with E-state index in [0.717, 1.165) is 24.5 Å². The molecule has 1 amide bonds. The predicted octanol–water partition coefficient (Wildman–Crippen LogP) is 3.93. The summed E-state index contributed by atoms with van der Waals surface area (Å²) in [6, 6.07) is 21.6. The number of ether oxygens (including phenoxy) is 1. The van der Waals surface area contributed by atoms with Crippen molar-refractivity contribution in [1.29, 1.82) is 0 Å². The topological polar surface area (TPSA) is 45.7 Å². The third-order valence-corrected chi connectivity index (χ3v) is 5.11. The summed E-state index contributed by atoms with van der Waals surface area (Å²) < 4.78 is 5.91. The van der Waals surface area contributed by atoms with Crippen molar-refractivity contribution >= 4 is 11.7 Å². The molecule has 1 saturated heterocycles. The van der Waals surface area contributed by atoms with Crippen LogP contribution in [-0.4, -0.2) is 42.0 Å². The fraction of sp³-hybridized carbons (Fsp3) is 0.250. The number of anilines is 1. The highest BCUT2D eigenvalue weighted by atomic mass is 16.5. The van der Waals surface area contributed by atoms with Crippen LogP contribution < -0.4 is 9.64 Å². The molecule has 0 saturated carbocycles. The van der Waals surface area contributed by atoms with Crippen LogP contribution >= 0.6 is 0 Å². The van der Waals surface area contributed by atoms with E-state index in [4.69, 9.17) is 4.74 Å². The fourth-order valence-electron chi connectivity index (χ4n) is 3.55. The number of carbonyl (C=O) groups is 1. The summed E-state index contributed by atoms with van der Waals surface area (Å²) in [5.41, 5.74) is 2.99. The smallest absolute Gasteiger partial charge is 0.254 e. The lowest BCUT2D eigenvalue weighted by Crippen LogP contribution is -2.49. The van der Waals surface area contributed by atoms with Crippen LogP contribution in [0, 0.1) is 6.92 Å². The van der Waals surface area contributed by atoms with E-state index in [1.807, 2.05) is 59.5 Å². The van der Waals surface area contributed by atoms with Gasteiger partial charge in [0.15, 0.2) is 0 Å². The SMILES string of the molecule is Cc1cccc(COc2cccc(C(=O)N3CCN(c4ccccn4)CC3)c2)c1. The quantitative estimate of drug-likeness (QED) is 0.665. The van der Waals surface area contributed by atoms with Gasteiger partial charge in [0.25, 0.3) is 5.91 Å².